The molecule has 1 fully saturated rings. The van der Waals surface area contributed by atoms with E-state index in [0.717, 1.165) is 30.5 Å². The van der Waals surface area contributed by atoms with Gasteiger partial charge in [-0.2, -0.15) is 0 Å². The van der Waals surface area contributed by atoms with E-state index >= 15 is 0 Å². The number of thiazole rings is 1. The van der Waals surface area contributed by atoms with Gasteiger partial charge in [-0.25, -0.2) is 4.98 Å². The number of aliphatic hydroxyl groups excluding tert-OH is 1. The van der Waals surface area contributed by atoms with Crippen molar-refractivity contribution in [3.8, 4) is 0 Å². The molecule has 5 nitrogen and oxygen atoms in total. The van der Waals surface area contributed by atoms with Gasteiger partial charge in [-0.3, -0.25) is 14.6 Å². The van der Waals surface area contributed by atoms with E-state index in [4.69, 9.17) is 0 Å². The Morgan fingerprint density at radius 2 is 2.41 bits per heavy atom. The molecule has 94 valence electrons. The van der Waals surface area contributed by atoms with Crippen LogP contribution in [-0.2, 0) is 11.3 Å². The van der Waals surface area contributed by atoms with Gasteiger partial charge in [0.15, 0.2) is 5.13 Å². The van der Waals surface area contributed by atoms with E-state index in [1.54, 1.807) is 11.8 Å². The zero-order valence-electron chi connectivity index (χ0n) is 10.1. The summed E-state index contributed by atoms with van der Waals surface area (Å²) in [6.07, 6.45) is -0.183. The van der Waals surface area contributed by atoms with Crippen LogP contribution in [-0.4, -0.2) is 46.6 Å². The number of amides is 1. The highest BCUT2D eigenvalue weighted by Crippen LogP contribution is 2.22. The summed E-state index contributed by atoms with van der Waals surface area (Å²) < 4.78 is 0. The first-order valence-electron chi connectivity index (χ1n) is 5.73. The van der Waals surface area contributed by atoms with Crippen molar-refractivity contribution >= 4 is 22.4 Å². The minimum absolute atomic E-state index is 0.0211. The standard InChI is InChI=1S/C11H17N3O2S/c1-3-14(8(2)15)11-12-9(7-17-11)4-13-5-10(16)6-13/h7,10,16H,3-6H2,1-2H3. The van der Waals surface area contributed by atoms with Crippen LogP contribution < -0.4 is 4.90 Å². The topological polar surface area (TPSA) is 56.7 Å². The number of aliphatic hydroxyl groups is 1. The molecule has 0 atom stereocenters. The van der Waals surface area contributed by atoms with Crippen LogP contribution in [0.3, 0.4) is 0 Å². The lowest BCUT2D eigenvalue weighted by Gasteiger charge is -2.35. The van der Waals surface area contributed by atoms with Gasteiger partial charge < -0.3 is 5.11 Å². The molecule has 1 aromatic rings. The molecule has 1 N–H and O–H groups in total. The zero-order chi connectivity index (χ0) is 12.4. The molecule has 1 amide bonds. The van der Waals surface area contributed by atoms with Gasteiger partial charge in [-0.05, 0) is 6.92 Å². The molecule has 0 unspecified atom stereocenters. The van der Waals surface area contributed by atoms with Crippen molar-refractivity contribution in [1.29, 1.82) is 0 Å². The minimum atomic E-state index is -0.183. The monoisotopic (exact) mass is 255 g/mol. The molecule has 0 radical (unpaired) electrons. The van der Waals surface area contributed by atoms with Crippen LogP contribution in [0.15, 0.2) is 5.38 Å². The summed E-state index contributed by atoms with van der Waals surface area (Å²) in [6.45, 7) is 6.33. The summed E-state index contributed by atoms with van der Waals surface area (Å²) in [7, 11) is 0. The third-order valence-corrected chi connectivity index (χ3v) is 3.70. The molecule has 1 aliphatic rings. The number of hydrogen-bond acceptors (Lipinski definition) is 5. The maximum absolute atomic E-state index is 11.4. The van der Waals surface area contributed by atoms with E-state index in [1.807, 2.05) is 12.3 Å². The Hall–Kier alpha value is -0.980. The lowest BCUT2D eigenvalue weighted by molar-refractivity contribution is -0.116. The fourth-order valence-corrected chi connectivity index (χ4v) is 2.81. The van der Waals surface area contributed by atoms with Crippen LogP contribution >= 0.6 is 11.3 Å². The van der Waals surface area contributed by atoms with Gasteiger partial charge >= 0.3 is 0 Å². The van der Waals surface area contributed by atoms with Gasteiger partial charge in [0.25, 0.3) is 0 Å². The number of hydrogen-bond donors (Lipinski definition) is 1. The number of anilines is 1. The molecule has 0 saturated carbocycles. The average Bonchev–Trinajstić information content (AvgIpc) is 2.65. The summed E-state index contributed by atoms with van der Waals surface area (Å²) in [4.78, 5) is 19.6. The molecule has 0 aromatic carbocycles. The normalized spacial score (nSPS) is 16.9. The van der Waals surface area contributed by atoms with Crippen LogP contribution in [0.5, 0.6) is 0 Å². The van der Waals surface area contributed by atoms with Crippen LogP contribution in [0.4, 0.5) is 5.13 Å². The molecule has 0 bridgehead atoms. The Balaban J connectivity index is 1.97. The van der Waals surface area contributed by atoms with Crippen LogP contribution in [0, 0.1) is 0 Å². The lowest BCUT2D eigenvalue weighted by Crippen LogP contribution is -2.49. The number of aromatic nitrogens is 1. The maximum atomic E-state index is 11.4. The van der Waals surface area contributed by atoms with Gasteiger partial charge in [0.2, 0.25) is 5.91 Å². The highest BCUT2D eigenvalue weighted by atomic mass is 32.1. The van der Waals surface area contributed by atoms with Crippen LogP contribution in [0.2, 0.25) is 0 Å². The molecule has 2 rings (SSSR count). The predicted molar refractivity (Wildman–Crippen MR) is 67.1 cm³/mol. The molecule has 0 aliphatic carbocycles. The third kappa shape index (κ3) is 2.83. The fourth-order valence-electron chi connectivity index (χ4n) is 1.89. The highest BCUT2D eigenvalue weighted by Gasteiger charge is 2.25. The Labute approximate surface area is 105 Å². The van der Waals surface area contributed by atoms with Gasteiger partial charge in [0.05, 0.1) is 11.8 Å². The van der Waals surface area contributed by atoms with Crippen molar-refractivity contribution in [3.63, 3.8) is 0 Å². The minimum Gasteiger partial charge on any atom is -0.390 e. The number of nitrogens with zero attached hydrogens (tertiary/aromatic N) is 3. The van der Waals surface area contributed by atoms with E-state index in [2.05, 4.69) is 9.88 Å². The molecular weight excluding hydrogens is 238 g/mol. The van der Waals surface area contributed by atoms with Gasteiger partial charge in [-0.1, -0.05) is 0 Å². The van der Waals surface area contributed by atoms with Gasteiger partial charge in [0, 0.05) is 38.5 Å². The summed E-state index contributed by atoms with van der Waals surface area (Å²) in [5, 5.41) is 11.9. The molecule has 1 aromatic heterocycles. The molecule has 1 saturated heterocycles. The SMILES string of the molecule is CCN(C(C)=O)c1nc(CN2CC(O)C2)cs1. The number of carbonyl (C=O) groups excluding carboxylic acids is 1. The summed E-state index contributed by atoms with van der Waals surface area (Å²) >= 11 is 1.49. The maximum Gasteiger partial charge on any atom is 0.225 e. The summed E-state index contributed by atoms with van der Waals surface area (Å²) in [5.41, 5.74) is 0.969. The summed E-state index contributed by atoms with van der Waals surface area (Å²) in [5.74, 6) is 0.0211. The van der Waals surface area contributed by atoms with Gasteiger partial charge in [-0.15, -0.1) is 11.3 Å². The van der Waals surface area contributed by atoms with Crippen molar-refractivity contribution in [2.75, 3.05) is 24.5 Å². The van der Waals surface area contributed by atoms with Crippen LogP contribution in [0.1, 0.15) is 19.5 Å². The smallest absolute Gasteiger partial charge is 0.225 e. The first kappa shape index (κ1) is 12.5. The van der Waals surface area contributed by atoms with E-state index in [-0.39, 0.29) is 12.0 Å². The summed E-state index contributed by atoms with van der Waals surface area (Å²) in [6, 6.07) is 0. The Kier molecular flexibility index (Phi) is 3.76. The van der Waals surface area contributed by atoms with Crippen molar-refractivity contribution in [2.24, 2.45) is 0 Å². The van der Waals surface area contributed by atoms with Crippen LogP contribution in [0.25, 0.3) is 0 Å². The largest absolute Gasteiger partial charge is 0.390 e. The average molecular weight is 255 g/mol. The molecule has 1 aliphatic heterocycles. The lowest BCUT2D eigenvalue weighted by atomic mass is 10.2. The first-order chi connectivity index (χ1) is 8.10. The second kappa shape index (κ2) is 5.12. The zero-order valence-corrected chi connectivity index (χ0v) is 10.9. The highest BCUT2D eigenvalue weighted by molar-refractivity contribution is 7.14. The number of β-amino-alcohol motifs (C(OH)–C–C–N with tert-alkyl or cyclic N) is 1. The molecule has 2 heterocycles. The van der Waals surface area contributed by atoms with Gasteiger partial charge in [0.1, 0.15) is 0 Å². The molecule has 6 heteroatoms. The second-order valence-electron chi connectivity index (χ2n) is 4.23. The third-order valence-electron chi connectivity index (χ3n) is 2.79. The van der Waals surface area contributed by atoms with E-state index in [1.165, 1.54) is 11.3 Å². The Bertz CT molecular complexity index is 401. The van der Waals surface area contributed by atoms with E-state index in [0.29, 0.717) is 6.54 Å². The van der Waals surface area contributed by atoms with E-state index < -0.39 is 0 Å². The predicted octanol–water partition coefficient (Wildman–Crippen LogP) is 0.692. The van der Waals surface area contributed by atoms with Crippen molar-refractivity contribution in [2.45, 2.75) is 26.5 Å². The fraction of sp³-hybridized carbons (Fsp3) is 0.636. The number of carbonyl (C=O) groups is 1. The van der Waals surface area contributed by atoms with Crippen molar-refractivity contribution < 1.29 is 9.90 Å². The van der Waals surface area contributed by atoms with Crippen molar-refractivity contribution in [3.05, 3.63) is 11.1 Å². The quantitative estimate of drug-likeness (QED) is 0.860. The second-order valence-corrected chi connectivity index (χ2v) is 5.07. The van der Waals surface area contributed by atoms with Crippen molar-refractivity contribution in [1.82, 2.24) is 9.88 Å². The number of rotatable bonds is 4. The Morgan fingerprint density at radius 1 is 1.71 bits per heavy atom. The Morgan fingerprint density at radius 3 is 2.94 bits per heavy atom. The number of likely N-dealkylation sites (tertiary alicyclic amines) is 1. The molecule has 0 spiro atoms. The van der Waals surface area contributed by atoms with E-state index in [9.17, 15) is 9.90 Å². The first-order valence-corrected chi connectivity index (χ1v) is 6.61. The molecule has 17 heavy (non-hydrogen) atoms. The molecular formula is C11H17N3O2S.